The van der Waals surface area contributed by atoms with E-state index < -0.39 is 5.97 Å². The second kappa shape index (κ2) is 6.47. The van der Waals surface area contributed by atoms with Crippen molar-refractivity contribution in [3.05, 3.63) is 0 Å². The van der Waals surface area contributed by atoms with E-state index in [2.05, 4.69) is 15.6 Å². The Morgan fingerprint density at radius 1 is 1.50 bits per heavy atom. The van der Waals surface area contributed by atoms with Gasteiger partial charge in [0, 0.05) is 6.42 Å². The summed E-state index contributed by atoms with van der Waals surface area (Å²) in [6, 6.07) is 0. The second-order valence-electron chi connectivity index (χ2n) is 1.78. The zero-order valence-electron chi connectivity index (χ0n) is 5.58. The Morgan fingerprint density at radius 2 is 2.20 bits per heavy atom. The van der Waals surface area contributed by atoms with Crippen LogP contribution < -0.4 is 5.90 Å². The lowest BCUT2D eigenvalue weighted by Gasteiger charge is -1.96. The van der Waals surface area contributed by atoms with E-state index in [1.54, 1.807) is 0 Å². The van der Waals surface area contributed by atoms with Gasteiger partial charge >= 0.3 is 5.97 Å². The standard InChI is InChI=1S/C5H11NO4/c6-10-5(7)3-1-2-4-9-8/h8H,1-4,6H2. The summed E-state index contributed by atoms with van der Waals surface area (Å²) in [6.45, 7) is 0.234. The van der Waals surface area contributed by atoms with Crippen LogP contribution in [-0.2, 0) is 14.5 Å². The van der Waals surface area contributed by atoms with Crippen molar-refractivity contribution in [2.24, 2.45) is 5.90 Å². The van der Waals surface area contributed by atoms with Crippen LogP contribution >= 0.6 is 0 Å². The summed E-state index contributed by atoms with van der Waals surface area (Å²) in [5.74, 6) is 4.11. The molecule has 0 saturated carbocycles. The lowest BCUT2D eigenvalue weighted by molar-refractivity contribution is -0.242. The molecular formula is C5H11NO4. The first kappa shape index (κ1) is 9.35. The number of carbonyl (C=O) groups excluding carboxylic acids is 1. The lowest BCUT2D eigenvalue weighted by atomic mass is 10.2. The maximum Gasteiger partial charge on any atom is 0.324 e. The molecule has 0 aliphatic heterocycles. The van der Waals surface area contributed by atoms with Crippen molar-refractivity contribution in [3.63, 3.8) is 0 Å². The summed E-state index contributed by atoms with van der Waals surface area (Å²) < 4.78 is 0. The van der Waals surface area contributed by atoms with Crippen molar-refractivity contribution in [1.82, 2.24) is 0 Å². The first-order chi connectivity index (χ1) is 4.81. The van der Waals surface area contributed by atoms with E-state index >= 15 is 0 Å². The summed E-state index contributed by atoms with van der Waals surface area (Å²) in [7, 11) is 0. The molecule has 0 aliphatic carbocycles. The molecule has 5 heteroatoms. The molecule has 0 unspecified atom stereocenters. The van der Waals surface area contributed by atoms with Crippen LogP contribution in [0.15, 0.2) is 0 Å². The number of hydrogen-bond acceptors (Lipinski definition) is 5. The molecule has 0 heterocycles. The van der Waals surface area contributed by atoms with E-state index in [1.807, 2.05) is 0 Å². The average Bonchev–Trinajstić information content (AvgIpc) is 1.98. The molecular weight excluding hydrogens is 138 g/mol. The summed E-state index contributed by atoms with van der Waals surface area (Å²) >= 11 is 0. The van der Waals surface area contributed by atoms with Crippen molar-refractivity contribution < 1.29 is 19.8 Å². The monoisotopic (exact) mass is 149 g/mol. The highest BCUT2D eigenvalue weighted by Crippen LogP contribution is 1.95. The van der Waals surface area contributed by atoms with Gasteiger partial charge in [0.05, 0.1) is 6.61 Å². The summed E-state index contributed by atoms with van der Waals surface area (Å²) in [6.07, 6.45) is 1.49. The molecule has 0 aromatic heterocycles. The SMILES string of the molecule is NOC(=O)CCCCOO. The Morgan fingerprint density at radius 3 is 2.70 bits per heavy atom. The molecule has 10 heavy (non-hydrogen) atoms. The molecule has 0 fully saturated rings. The van der Waals surface area contributed by atoms with Crippen LogP contribution in [0.4, 0.5) is 0 Å². The highest BCUT2D eigenvalue weighted by Gasteiger charge is 1.98. The van der Waals surface area contributed by atoms with Crippen LogP contribution in [0.1, 0.15) is 19.3 Å². The van der Waals surface area contributed by atoms with Crippen LogP contribution in [0.5, 0.6) is 0 Å². The van der Waals surface area contributed by atoms with Gasteiger partial charge in [-0.2, -0.15) is 5.90 Å². The van der Waals surface area contributed by atoms with Crippen LogP contribution in [0.25, 0.3) is 0 Å². The molecule has 0 aliphatic rings. The third-order valence-corrected chi connectivity index (χ3v) is 0.998. The van der Waals surface area contributed by atoms with E-state index in [9.17, 15) is 4.79 Å². The fourth-order valence-electron chi connectivity index (χ4n) is 0.495. The van der Waals surface area contributed by atoms with Crippen molar-refractivity contribution in [2.75, 3.05) is 6.61 Å². The largest absolute Gasteiger partial charge is 0.373 e. The smallest absolute Gasteiger partial charge is 0.324 e. The van der Waals surface area contributed by atoms with Gasteiger partial charge in [0.15, 0.2) is 0 Å². The second-order valence-corrected chi connectivity index (χ2v) is 1.78. The van der Waals surface area contributed by atoms with Crippen molar-refractivity contribution in [2.45, 2.75) is 19.3 Å². The minimum Gasteiger partial charge on any atom is -0.373 e. The van der Waals surface area contributed by atoms with Gasteiger partial charge in [-0.05, 0) is 12.8 Å². The molecule has 0 amide bonds. The Labute approximate surface area is 58.6 Å². The number of unbranched alkanes of at least 4 members (excludes halogenated alkanes) is 1. The van der Waals surface area contributed by atoms with Crippen molar-refractivity contribution in [3.8, 4) is 0 Å². The molecule has 5 nitrogen and oxygen atoms in total. The number of nitrogens with two attached hydrogens (primary N) is 1. The number of rotatable bonds is 5. The summed E-state index contributed by atoms with van der Waals surface area (Å²) in [5.41, 5.74) is 0. The van der Waals surface area contributed by atoms with E-state index in [-0.39, 0.29) is 13.0 Å². The van der Waals surface area contributed by atoms with E-state index in [0.29, 0.717) is 12.8 Å². The fraction of sp³-hybridized carbons (Fsp3) is 0.800. The van der Waals surface area contributed by atoms with Gasteiger partial charge in [0.2, 0.25) is 0 Å². The molecule has 0 bridgehead atoms. The van der Waals surface area contributed by atoms with Gasteiger partial charge in [-0.1, -0.05) is 0 Å². The molecule has 0 aromatic carbocycles. The maximum absolute atomic E-state index is 10.3. The maximum atomic E-state index is 10.3. The lowest BCUT2D eigenvalue weighted by Crippen LogP contribution is -2.09. The predicted octanol–water partition coefficient (Wildman–Crippen LogP) is 0.0632. The fourth-order valence-corrected chi connectivity index (χ4v) is 0.495. The highest BCUT2D eigenvalue weighted by molar-refractivity contribution is 5.68. The predicted molar refractivity (Wildman–Crippen MR) is 32.7 cm³/mol. The number of hydrogen-bond donors (Lipinski definition) is 2. The Balaban J connectivity index is 2.96. The first-order valence-electron chi connectivity index (χ1n) is 2.97. The normalized spacial score (nSPS) is 9.40. The zero-order valence-corrected chi connectivity index (χ0v) is 5.58. The molecule has 0 saturated heterocycles. The molecule has 3 N–H and O–H groups in total. The quantitative estimate of drug-likeness (QED) is 0.328. The van der Waals surface area contributed by atoms with Crippen molar-refractivity contribution in [1.29, 1.82) is 0 Å². The number of carbonyl (C=O) groups is 1. The van der Waals surface area contributed by atoms with Gasteiger partial charge in [0.1, 0.15) is 0 Å². The Hall–Kier alpha value is -0.650. The third-order valence-electron chi connectivity index (χ3n) is 0.998. The minimum atomic E-state index is -0.446. The van der Waals surface area contributed by atoms with Gasteiger partial charge < -0.3 is 4.84 Å². The molecule has 0 spiro atoms. The third kappa shape index (κ3) is 5.49. The van der Waals surface area contributed by atoms with Gasteiger partial charge in [-0.15, -0.1) is 0 Å². The zero-order chi connectivity index (χ0) is 7.82. The summed E-state index contributed by atoms with van der Waals surface area (Å²) in [4.78, 5) is 18.0. The van der Waals surface area contributed by atoms with E-state index in [0.717, 1.165) is 0 Å². The van der Waals surface area contributed by atoms with E-state index in [4.69, 9.17) is 5.26 Å². The topological polar surface area (TPSA) is 81.8 Å². The van der Waals surface area contributed by atoms with Crippen LogP contribution in [-0.4, -0.2) is 17.8 Å². The first-order valence-corrected chi connectivity index (χ1v) is 2.97. The van der Waals surface area contributed by atoms with Crippen molar-refractivity contribution >= 4 is 5.97 Å². The average molecular weight is 149 g/mol. The van der Waals surface area contributed by atoms with Gasteiger partial charge in [-0.3, -0.25) is 10.1 Å². The van der Waals surface area contributed by atoms with E-state index in [1.165, 1.54) is 0 Å². The van der Waals surface area contributed by atoms with Crippen LogP contribution in [0, 0.1) is 0 Å². The molecule has 0 radical (unpaired) electrons. The molecule has 0 rings (SSSR count). The summed E-state index contributed by atoms with van der Waals surface area (Å²) in [5, 5.41) is 7.85. The van der Waals surface area contributed by atoms with Crippen LogP contribution in [0.2, 0.25) is 0 Å². The molecule has 0 aromatic rings. The van der Waals surface area contributed by atoms with Crippen LogP contribution in [0.3, 0.4) is 0 Å². The highest BCUT2D eigenvalue weighted by atomic mass is 17.1. The van der Waals surface area contributed by atoms with Gasteiger partial charge in [0.25, 0.3) is 0 Å². The Bertz CT molecular complexity index is 95.6. The Kier molecular flexibility index (Phi) is 6.05. The molecule has 0 atom stereocenters. The minimum absolute atomic E-state index is 0.234. The molecule has 60 valence electrons. The van der Waals surface area contributed by atoms with Gasteiger partial charge in [-0.25, -0.2) is 4.89 Å².